The molecule has 3 rings (SSSR count). The molecule has 1 atom stereocenters. The number of amides is 1. The molecule has 0 aliphatic carbocycles. The molecule has 1 fully saturated rings. The lowest BCUT2D eigenvalue weighted by molar-refractivity contribution is 0.0787. The van der Waals surface area contributed by atoms with Crippen molar-refractivity contribution >= 4 is 11.9 Å². The number of likely N-dealkylation sites (tertiary alicyclic amines) is 1. The number of nitrogens with zero attached hydrogens (tertiary/aromatic N) is 4. The first kappa shape index (κ1) is 18.9. The van der Waals surface area contributed by atoms with Gasteiger partial charge in [0.05, 0.1) is 5.69 Å². The highest BCUT2D eigenvalue weighted by atomic mass is 16.2. The largest absolute Gasteiger partial charge is 0.348 e. The Morgan fingerprint density at radius 3 is 2.63 bits per heavy atom. The summed E-state index contributed by atoms with van der Waals surface area (Å²) in [7, 11) is 5.29. The van der Waals surface area contributed by atoms with Gasteiger partial charge in [0.1, 0.15) is 5.56 Å². The van der Waals surface area contributed by atoms with Crippen LogP contribution < -0.4 is 16.0 Å². The van der Waals surface area contributed by atoms with E-state index in [0.29, 0.717) is 36.7 Å². The number of hydrogen-bond donors (Lipinski definition) is 1. The molecule has 1 amide bonds. The van der Waals surface area contributed by atoms with Crippen molar-refractivity contribution in [2.75, 3.05) is 32.1 Å². The van der Waals surface area contributed by atoms with Gasteiger partial charge >= 0.3 is 0 Å². The van der Waals surface area contributed by atoms with E-state index in [1.807, 2.05) is 27.1 Å². The van der Waals surface area contributed by atoms with E-state index in [-0.39, 0.29) is 28.5 Å². The molecular formula is C19H25N5O3. The SMILES string of the molecule is Cc1cc(C)n(C)c(=O)c1C(=O)N1CCC(c2cc(=O)[nH]c(N(C)C)n2)C1. The van der Waals surface area contributed by atoms with E-state index in [4.69, 9.17) is 0 Å². The highest BCUT2D eigenvalue weighted by molar-refractivity contribution is 5.95. The van der Waals surface area contributed by atoms with E-state index in [0.717, 1.165) is 5.69 Å². The average molecular weight is 371 g/mol. The molecule has 0 saturated carbocycles. The first-order valence-corrected chi connectivity index (χ1v) is 8.94. The fourth-order valence-electron chi connectivity index (χ4n) is 3.47. The van der Waals surface area contributed by atoms with Gasteiger partial charge in [-0.05, 0) is 31.9 Å². The van der Waals surface area contributed by atoms with Crippen molar-refractivity contribution in [2.45, 2.75) is 26.2 Å². The number of aromatic amines is 1. The van der Waals surface area contributed by atoms with E-state index in [1.165, 1.54) is 10.6 Å². The van der Waals surface area contributed by atoms with E-state index in [1.54, 1.807) is 23.8 Å². The minimum atomic E-state index is -0.273. The Hall–Kier alpha value is -2.90. The predicted octanol–water partition coefficient (Wildman–Crippen LogP) is 0.781. The third-order valence-electron chi connectivity index (χ3n) is 5.15. The molecule has 0 bridgehead atoms. The van der Waals surface area contributed by atoms with Gasteiger partial charge in [-0.2, -0.15) is 0 Å². The normalized spacial score (nSPS) is 16.6. The Labute approximate surface area is 157 Å². The second-order valence-electron chi connectivity index (χ2n) is 7.33. The smallest absolute Gasteiger partial charge is 0.263 e. The second kappa shape index (κ2) is 7.02. The molecule has 0 aromatic carbocycles. The molecule has 1 aliphatic heterocycles. The Bertz CT molecular complexity index is 1010. The molecule has 2 aromatic heterocycles. The first-order chi connectivity index (χ1) is 12.7. The van der Waals surface area contributed by atoms with Gasteiger partial charge in [0.15, 0.2) is 0 Å². The molecule has 2 aromatic rings. The number of carbonyl (C=O) groups is 1. The van der Waals surface area contributed by atoms with Crippen LogP contribution in [0.5, 0.6) is 0 Å². The van der Waals surface area contributed by atoms with Gasteiger partial charge in [0.25, 0.3) is 17.0 Å². The average Bonchev–Trinajstić information content (AvgIpc) is 3.09. The maximum atomic E-state index is 13.0. The van der Waals surface area contributed by atoms with Crippen LogP contribution in [0.3, 0.4) is 0 Å². The second-order valence-corrected chi connectivity index (χ2v) is 7.33. The summed E-state index contributed by atoms with van der Waals surface area (Å²) < 4.78 is 1.50. The lowest BCUT2D eigenvalue weighted by Crippen LogP contribution is -2.36. The number of aryl methyl sites for hydroxylation is 2. The summed E-state index contributed by atoms with van der Waals surface area (Å²) in [6.07, 6.45) is 0.709. The minimum absolute atomic E-state index is 0.0236. The molecule has 3 heterocycles. The van der Waals surface area contributed by atoms with Gasteiger partial charge in [0, 0.05) is 51.9 Å². The van der Waals surface area contributed by atoms with Crippen molar-refractivity contribution in [2.24, 2.45) is 7.05 Å². The zero-order valence-electron chi connectivity index (χ0n) is 16.4. The molecule has 0 radical (unpaired) electrons. The topological polar surface area (TPSA) is 91.3 Å². The van der Waals surface area contributed by atoms with Crippen molar-refractivity contribution in [3.8, 4) is 0 Å². The Morgan fingerprint density at radius 2 is 1.96 bits per heavy atom. The third kappa shape index (κ3) is 3.51. The van der Waals surface area contributed by atoms with Gasteiger partial charge in [-0.1, -0.05) is 0 Å². The molecule has 8 nitrogen and oxygen atoms in total. The number of carbonyl (C=O) groups excluding carboxylic acids is 1. The molecule has 1 unspecified atom stereocenters. The number of pyridine rings is 1. The maximum Gasteiger partial charge on any atom is 0.263 e. The van der Waals surface area contributed by atoms with Crippen molar-refractivity contribution in [1.82, 2.24) is 19.4 Å². The number of rotatable bonds is 3. The highest BCUT2D eigenvalue weighted by Gasteiger charge is 2.31. The first-order valence-electron chi connectivity index (χ1n) is 8.94. The Morgan fingerprint density at radius 1 is 1.26 bits per heavy atom. The fourth-order valence-corrected chi connectivity index (χ4v) is 3.47. The monoisotopic (exact) mass is 371 g/mol. The van der Waals surface area contributed by atoms with Crippen LogP contribution in [-0.2, 0) is 7.05 Å². The summed E-state index contributed by atoms with van der Waals surface area (Å²) >= 11 is 0. The fraction of sp³-hybridized carbons (Fsp3) is 0.474. The van der Waals surface area contributed by atoms with Gasteiger partial charge in [-0.3, -0.25) is 19.4 Å². The van der Waals surface area contributed by atoms with Crippen molar-refractivity contribution in [3.63, 3.8) is 0 Å². The summed E-state index contributed by atoms with van der Waals surface area (Å²) in [4.78, 5) is 48.1. The van der Waals surface area contributed by atoms with Crippen LogP contribution in [-0.4, -0.2) is 52.5 Å². The Kier molecular flexibility index (Phi) is 4.91. The van der Waals surface area contributed by atoms with E-state index >= 15 is 0 Å². The number of H-pyrrole nitrogens is 1. The standard InChI is InChI=1S/C19H25N5O3/c1-11-8-12(2)23(5)17(26)16(11)18(27)24-7-6-13(10-24)14-9-15(25)21-19(20-14)22(3)4/h8-9,13H,6-7,10H2,1-5H3,(H,20,21,25). The Balaban J connectivity index is 1.87. The van der Waals surface area contributed by atoms with E-state index in [9.17, 15) is 14.4 Å². The molecule has 1 saturated heterocycles. The van der Waals surface area contributed by atoms with Crippen molar-refractivity contribution < 1.29 is 4.79 Å². The number of anilines is 1. The van der Waals surface area contributed by atoms with Crippen LogP contribution in [0.1, 0.15) is 39.6 Å². The summed E-state index contributed by atoms with van der Waals surface area (Å²) in [5.74, 6) is 0.211. The molecule has 27 heavy (non-hydrogen) atoms. The molecule has 1 aliphatic rings. The summed E-state index contributed by atoms with van der Waals surface area (Å²) in [5.41, 5.74) is 1.91. The lowest BCUT2D eigenvalue weighted by Gasteiger charge is -2.19. The van der Waals surface area contributed by atoms with Gasteiger partial charge in [-0.15, -0.1) is 0 Å². The van der Waals surface area contributed by atoms with Gasteiger partial charge < -0.3 is 14.4 Å². The van der Waals surface area contributed by atoms with Crippen molar-refractivity contribution in [3.05, 3.63) is 55.4 Å². The number of nitrogens with one attached hydrogen (secondary N) is 1. The maximum absolute atomic E-state index is 13.0. The number of hydrogen-bond acceptors (Lipinski definition) is 5. The summed E-state index contributed by atoms with van der Waals surface area (Å²) in [6, 6.07) is 3.34. The van der Waals surface area contributed by atoms with E-state index < -0.39 is 0 Å². The van der Waals surface area contributed by atoms with Crippen LogP contribution in [0.2, 0.25) is 0 Å². The van der Waals surface area contributed by atoms with Crippen LogP contribution in [0.25, 0.3) is 0 Å². The third-order valence-corrected chi connectivity index (χ3v) is 5.15. The minimum Gasteiger partial charge on any atom is -0.348 e. The molecule has 0 spiro atoms. The van der Waals surface area contributed by atoms with Crippen LogP contribution in [0, 0.1) is 13.8 Å². The highest BCUT2D eigenvalue weighted by Crippen LogP contribution is 2.27. The molecular weight excluding hydrogens is 346 g/mol. The molecule has 144 valence electrons. The molecule has 1 N–H and O–H groups in total. The van der Waals surface area contributed by atoms with Crippen LogP contribution >= 0.6 is 0 Å². The van der Waals surface area contributed by atoms with Crippen LogP contribution in [0.15, 0.2) is 21.7 Å². The quantitative estimate of drug-likeness (QED) is 0.861. The molecule has 8 heteroatoms. The van der Waals surface area contributed by atoms with Crippen LogP contribution in [0.4, 0.5) is 5.95 Å². The van der Waals surface area contributed by atoms with Gasteiger partial charge in [0.2, 0.25) is 5.95 Å². The predicted molar refractivity (Wildman–Crippen MR) is 104 cm³/mol. The number of aromatic nitrogens is 3. The lowest BCUT2D eigenvalue weighted by atomic mass is 10.0. The van der Waals surface area contributed by atoms with E-state index in [2.05, 4.69) is 9.97 Å². The zero-order chi connectivity index (χ0) is 19.9. The summed E-state index contributed by atoms with van der Waals surface area (Å²) in [6.45, 7) is 4.61. The van der Waals surface area contributed by atoms with Gasteiger partial charge in [-0.25, -0.2) is 4.98 Å². The summed E-state index contributed by atoms with van der Waals surface area (Å²) in [5, 5.41) is 0. The zero-order valence-corrected chi connectivity index (χ0v) is 16.4. The van der Waals surface area contributed by atoms with Crippen molar-refractivity contribution in [1.29, 1.82) is 0 Å².